The Morgan fingerprint density at radius 1 is 1.07 bits per heavy atom. The largest absolute Gasteiger partial charge is 0.497 e. The molecule has 7 heteroatoms. The molecule has 0 saturated carbocycles. The van der Waals surface area contributed by atoms with Crippen LogP contribution in [0.2, 0.25) is 5.02 Å². The van der Waals surface area contributed by atoms with E-state index >= 15 is 0 Å². The Morgan fingerprint density at radius 2 is 1.85 bits per heavy atom. The fourth-order valence-electron chi connectivity index (χ4n) is 2.73. The van der Waals surface area contributed by atoms with Gasteiger partial charge >= 0.3 is 0 Å². The molecule has 0 saturated heterocycles. The Morgan fingerprint density at radius 3 is 2.48 bits per heavy atom. The number of nitrogen functional groups attached to an aromatic ring is 1. The molecule has 5 nitrogen and oxygen atoms in total. The first-order chi connectivity index (χ1) is 13.0. The second-order valence-corrected chi connectivity index (χ2v) is 6.03. The minimum Gasteiger partial charge on any atom is -0.497 e. The average molecular weight is 384 g/mol. The molecule has 2 N–H and O–H groups in total. The lowest BCUT2D eigenvalue weighted by atomic mass is 9.98. The van der Waals surface area contributed by atoms with Crippen LogP contribution in [0.4, 0.5) is 10.2 Å². The highest BCUT2D eigenvalue weighted by molar-refractivity contribution is 6.30. The quantitative estimate of drug-likeness (QED) is 0.707. The van der Waals surface area contributed by atoms with E-state index in [0.29, 0.717) is 33.9 Å². The van der Waals surface area contributed by atoms with Crippen molar-refractivity contribution < 1.29 is 13.9 Å². The number of benzene rings is 2. The van der Waals surface area contributed by atoms with Crippen LogP contribution in [0.3, 0.4) is 0 Å². The van der Waals surface area contributed by atoms with Crippen molar-refractivity contribution in [2.75, 3.05) is 20.0 Å². The van der Waals surface area contributed by atoms with Crippen LogP contribution in [0.5, 0.6) is 11.5 Å². The summed E-state index contributed by atoms with van der Waals surface area (Å²) >= 11 is 5.77. The van der Waals surface area contributed by atoms with Gasteiger partial charge in [0.25, 0.3) is 0 Å². The van der Waals surface area contributed by atoms with E-state index in [1.54, 1.807) is 37.4 Å². The maximum atomic E-state index is 13.9. The highest BCUT2D eigenvalue weighted by atomic mass is 35.5. The summed E-state index contributed by atoms with van der Waals surface area (Å²) in [6.45, 7) is 0. The van der Waals surface area contributed by atoms with Crippen LogP contribution in [0, 0.1) is 17.1 Å². The van der Waals surface area contributed by atoms with Crippen molar-refractivity contribution in [1.29, 1.82) is 5.26 Å². The monoisotopic (exact) mass is 383 g/mol. The molecule has 0 bridgehead atoms. The highest BCUT2D eigenvalue weighted by Crippen LogP contribution is 2.37. The number of pyridine rings is 1. The lowest BCUT2D eigenvalue weighted by molar-refractivity contribution is 0.404. The summed E-state index contributed by atoms with van der Waals surface area (Å²) in [5, 5.41) is 9.49. The molecule has 0 radical (unpaired) electrons. The van der Waals surface area contributed by atoms with E-state index in [1.165, 1.54) is 19.2 Å². The number of anilines is 1. The Labute approximate surface area is 160 Å². The van der Waals surface area contributed by atoms with Crippen molar-refractivity contribution in [3.63, 3.8) is 0 Å². The standard InChI is InChI=1S/C20H15ClFN3O2/c1-26-12-4-6-19(27-2)14(8-12)18-9-13(15(10-23)20(24)25-18)11-3-5-16(21)17(22)7-11/h3-9H,1-2H3,(H2,24,25). The van der Waals surface area contributed by atoms with Gasteiger partial charge in [0.1, 0.15) is 34.8 Å². The zero-order valence-electron chi connectivity index (χ0n) is 14.6. The smallest absolute Gasteiger partial charge is 0.142 e. The maximum Gasteiger partial charge on any atom is 0.142 e. The summed E-state index contributed by atoms with van der Waals surface area (Å²) in [6, 6.07) is 13.2. The van der Waals surface area contributed by atoms with Gasteiger partial charge in [-0.2, -0.15) is 5.26 Å². The summed E-state index contributed by atoms with van der Waals surface area (Å²) in [4.78, 5) is 4.32. The Bertz CT molecular complexity index is 1060. The third-order valence-electron chi connectivity index (χ3n) is 4.07. The minimum absolute atomic E-state index is 0.00558. The van der Waals surface area contributed by atoms with Gasteiger partial charge < -0.3 is 15.2 Å². The first kappa shape index (κ1) is 18.5. The van der Waals surface area contributed by atoms with Crippen LogP contribution in [0.15, 0.2) is 42.5 Å². The van der Waals surface area contributed by atoms with Crippen LogP contribution in [-0.4, -0.2) is 19.2 Å². The van der Waals surface area contributed by atoms with Crippen molar-refractivity contribution in [1.82, 2.24) is 4.98 Å². The lowest BCUT2D eigenvalue weighted by Gasteiger charge is -2.14. The fraction of sp³-hybridized carbons (Fsp3) is 0.100. The third-order valence-corrected chi connectivity index (χ3v) is 4.38. The molecule has 0 aliphatic heterocycles. The van der Waals surface area contributed by atoms with E-state index < -0.39 is 5.82 Å². The number of ether oxygens (including phenoxy) is 2. The number of hydrogen-bond acceptors (Lipinski definition) is 5. The topological polar surface area (TPSA) is 81.2 Å². The fourth-order valence-corrected chi connectivity index (χ4v) is 2.84. The van der Waals surface area contributed by atoms with E-state index in [9.17, 15) is 9.65 Å². The maximum absolute atomic E-state index is 13.9. The predicted octanol–water partition coefficient (Wildman–Crippen LogP) is 4.68. The normalized spacial score (nSPS) is 10.3. The van der Waals surface area contributed by atoms with Crippen LogP contribution in [0.1, 0.15) is 5.56 Å². The molecule has 3 rings (SSSR count). The summed E-state index contributed by atoms with van der Waals surface area (Å²) in [5.41, 5.74) is 8.17. The molecule has 1 aromatic heterocycles. The molecule has 0 amide bonds. The molecule has 1 heterocycles. The van der Waals surface area contributed by atoms with Gasteiger partial charge in [0.2, 0.25) is 0 Å². The zero-order valence-corrected chi connectivity index (χ0v) is 15.3. The molecule has 27 heavy (non-hydrogen) atoms. The first-order valence-corrected chi connectivity index (χ1v) is 8.24. The van der Waals surface area contributed by atoms with E-state index in [2.05, 4.69) is 4.98 Å². The molecule has 0 atom stereocenters. The third kappa shape index (κ3) is 3.50. The van der Waals surface area contributed by atoms with E-state index in [-0.39, 0.29) is 16.4 Å². The molecule has 3 aromatic rings. The molecule has 0 spiro atoms. The van der Waals surface area contributed by atoms with Gasteiger partial charge in [0, 0.05) is 11.1 Å². The van der Waals surface area contributed by atoms with Crippen molar-refractivity contribution >= 4 is 17.4 Å². The summed E-state index contributed by atoms with van der Waals surface area (Å²) in [7, 11) is 3.09. The van der Waals surface area contributed by atoms with Crippen molar-refractivity contribution in [3.8, 4) is 40.0 Å². The molecular formula is C20H15ClFN3O2. The predicted molar refractivity (Wildman–Crippen MR) is 102 cm³/mol. The number of nitrogens with zero attached hydrogens (tertiary/aromatic N) is 2. The number of nitrogens with two attached hydrogens (primary N) is 1. The Hall–Kier alpha value is -3.30. The second-order valence-electron chi connectivity index (χ2n) is 5.62. The number of aromatic nitrogens is 1. The number of nitriles is 1. The van der Waals surface area contributed by atoms with Crippen LogP contribution in [0.25, 0.3) is 22.4 Å². The van der Waals surface area contributed by atoms with Crippen LogP contribution < -0.4 is 15.2 Å². The van der Waals surface area contributed by atoms with Gasteiger partial charge in [0.05, 0.1) is 24.9 Å². The molecular weight excluding hydrogens is 369 g/mol. The average Bonchev–Trinajstić information content (AvgIpc) is 2.68. The summed E-state index contributed by atoms with van der Waals surface area (Å²) in [5.74, 6) is 0.606. The van der Waals surface area contributed by atoms with Gasteiger partial charge in [-0.05, 0) is 42.0 Å². The molecule has 2 aromatic carbocycles. The number of rotatable bonds is 4. The molecule has 0 fully saturated rings. The van der Waals surface area contributed by atoms with Gasteiger partial charge in [-0.1, -0.05) is 17.7 Å². The van der Waals surface area contributed by atoms with E-state index in [1.807, 2.05) is 6.07 Å². The van der Waals surface area contributed by atoms with Crippen molar-refractivity contribution in [3.05, 3.63) is 58.9 Å². The minimum atomic E-state index is -0.589. The van der Waals surface area contributed by atoms with Gasteiger partial charge in [-0.25, -0.2) is 9.37 Å². The van der Waals surface area contributed by atoms with Gasteiger partial charge in [-0.15, -0.1) is 0 Å². The number of halogens is 2. The molecule has 136 valence electrons. The first-order valence-electron chi connectivity index (χ1n) is 7.87. The Balaban J connectivity index is 2.27. The molecule has 0 unspecified atom stereocenters. The highest BCUT2D eigenvalue weighted by Gasteiger charge is 2.17. The second kappa shape index (κ2) is 7.52. The number of hydrogen-bond donors (Lipinski definition) is 1. The summed E-state index contributed by atoms with van der Waals surface area (Å²) < 4.78 is 24.6. The molecule has 0 aliphatic carbocycles. The lowest BCUT2D eigenvalue weighted by Crippen LogP contribution is -2.01. The number of methoxy groups -OCH3 is 2. The Kier molecular flexibility index (Phi) is 5.15. The summed E-state index contributed by atoms with van der Waals surface area (Å²) in [6.07, 6.45) is 0. The van der Waals surface area contributed by atoms with E-state index in [4.69, 9.17) is 26.8 Å². The molecule has 0 aliphatic rings. The zero-order chi connectivity index (χ0) is 19.6. The van der Waals surface area contributed by atoms with Crippen molar-refractivity contribution in [2.24, 2.45) is 0 Å². The van der Waals surface area contributed by atoms with Crippen molar-refractivity contribution in [2.45, 2.75) is 0 Å². The van der Waals surface area contributed by atoms with Gasteiger partial charge in [-0.3, -0.25) is 0 Å². The van der Waals surface area contributed by atoms with Gasteiger partial charge in [0.15, 0.2) is 0 Å². The van der Waals surface area contributed by atoms with Crippen LogP contribution >= 0.6 is 11.6 Å². The SMILES string of the molecule is COc1ccc(OC)c(-c2cc(-c3ccc(Cl)c(F)c3)c(C#N)c(N)n2)c1. The van der Waals surface area contributed by atoms with E-state index in [0.717, 1.165) is 0 Å². The van der Waals surface area contributed by atoms with Crippen LogP contribution in [-0.2, 0) is 0 Å².